The third-order valence-corrected chi connectivity index (χ3v) is 2.69. The number of nitrogens with one attached hydrogen (secondary N) is 1. The lowest BCUT2D eigenvalue weighted by atomic mass is 10.3. The van der Waals surface area contributed by atoms with Crippen molar-refractivity contribution in [2.24, 2.45) is 4.99 Å². The van der Waals surface area contributed by atoms with E-state index in [1.54, 1.807) is 11.3 Å². The zero-order valence-electron chi connectivity index (χ0n) is 7.15. The molecule has 0 saturated carbocycles. The topological polar surface area (TPSA) is 48.2 Å². The molecule has 0 aliphatic carbocycles. The average Bonchev–Trinajstić information content (AvgIpc) is 2.64. The smallest absolute Gasteiger partial charge is 0.183 e. The molecule has 0 unspecified atom stereocenters. The summed E-state index contributed by atoms with van der Waals surface area (Å²) >= 11 is 3.09. The van der Waals surface area contributed by atoms with Gasteiger partial charge in [-0.05, 0) is 28.6 Å². The number of nitriles is 1. The van der Waals surface area contributed by atoms with Gasteiger partial charge in [0.25, 0.3) is 0 Å². The van der Waals surface area contributed by atoms with Crippen molar-refractivity contribution in [2.75, 3.05) is 6.26 Å². The summed E-state index contributed by atoms with van der Waals surface area (Å²) in [7, 11) is 0. The Morgan fingerprint density at radius 1 is 1.85 bits per heavy atom. The van der Waals surface area contributed by atoms with Crippen LogP contribution in [0.5, 0.6) is 0 Å². The fraction of sp³-hybridized carbons (Fsp3) is 0.250. The van der Waals surface area contributed by atoms with Gasteiger partial charge in [-0.2, -0.15) is 16.6 Å². The first kappa shape index (κ1) is 10.1. The fourth-order valence-corrected chi connectivity index (χ4v) is 1.75. The minimum atomic E-state index is 0.633. The second kappa shape index (κ2) is 5.62. The summed E-state index contributed by atoms with van der Waals surface area (Å²) in [6, 6.07) is 2.03. The Morgan fingerprint density at radius 2 is 2.69 bits per heavy atom. The van der Waals surface area contributed by atoms with Gasteiger partial charge in [0.15, 0.2) is 11.4 Å². The van der Waals surface area contributed by atoms with Gasteiger partial charge in [-0.1, -0.05) is 11.8 Å². The maximum atomic E-state index is 8.37. The molecule has 0 aromatic carbocycles. The summed E-state index contributed by atoms with van der Waals surface area (Å²) in [5, 5.41) is 15.6. The highest BCUT2D eigenvalue weighted by Gasteiger charge is 1.94. The molecule has 0 spiro atoms. The maximum absolute atomic E-state index is 8.37. The molecule has 0 saturated heterocycles. The van der Waals surface area contributed by atoms with Gasteiger partial charge in [0.2, 0.25) is 0 Å². The quantitative estimate of drug-likeness (QED) is 0.352. The van der Waals surface area contributed by atoms with Crippen LogP contribution in [0.4, 0.5) is 0 Å². The van der Waals surface area contributed by atoms with Crippen molar-refractivity contribution in [1.82, 2.24) is 5.32 Å². The molecule has 1 aromatic rings. The molecule has 1 heterocycles. The first-order chi connectivity index (χ1) is 6.36. The predicted octanol–water partition coefficient (Wildman–Crippen LogP) is 2.04. The van der Waals surface area contributed by atoms with E-state index in [0.717, 1.165) is 0 Å². The molecule has 0 aliphatic heterocycles. The minimum absolute atomic E-state index is 0.633. The normalized spacial score (nSPS) is 10.9. The molecule has 1 rings (SSSR count). The van der Waals surface area contributed by atoms with Crippen molar-refractivity contribution in [3.63, 3.8) is 0 Å². The highest BCUT2D eigenvalue weighted by atomic mass is 32.2. The largest absolute Gasteiger partial charge is 0.272 e. The summed E-state index contributed by atoms with van der Waals surface area (Å²) in [5.41, 5.74) is 1.18. The van der Waals surface area contributed by atoms with E-state index >= 15 is 0 Å². The van der Waals surface area contributed by atoms with E-state index in [0.29, 0.717) is 11.7 Å². The van der Waals surface area contributed by atoms with Crippen LogP contribution < -0.4 is 5.32 Å². The Labute approximate surface area is 85.5 Å². The zero-order chi connectivity index (χ0) is 9.52. The summed E-state index contributed by atoms with van der Waals surface area (Å²) in [5.74, 6) is 0. The van der Waals surface area contributed by atoms with Gasteiger partial charge in [0, 0.05) is 0 Å². The van der Waals surface area contributed by atoms with Gasteiger partial charge < -0.3 is 0 Å². The van der Waals surface area contributed by atoms with Crippen molar-refractivity contribution in [2.45, 2.75) is 6.54 Å². The Bertz CT molecular complexity index is 311. The Balaban J connectivity index is 2.51. The molecular weight excluding hydrogens is 202 g/mol. The molecule has 0 fully saturated rings. The van der Waals surface area contributed by atoms with E-state index in [1.807, 2.05) is 29.3 Å². The van der Waals surface area contributed by atoms with Crippen molar-refractivity contribution in [1.29, 1.82) is 5.26 Å². The van der Waals surface area contributed by atoms with E-state index in [2.05, 4.69) is 10.3 Å². The second-order valence-corrected chi connectivity index (χ2v) is 3.77. The van der Waals surface area contributed by atoms with Crippen molar-refractivity contribution in [3.8, 4) is 6.19 Å². The van der Waals surface area contributed by atoms with E-state index in [-0.39, 0.29) is 0 Å². The van der Waals surface area contributed by atoms with Crippen LogP contribution in [0.25, 0.3) is 0 Å². The van der Waals surface area contributed by atoms with Crippen molar-refractivity contribution in [3.05, 3.63) is 22.4 Å². The number of amidine groups is 1. The molecule has 0 amide bonds. The molecule has 1 N–H and O–H groups in total. The number of hydrogen-bond acceptors (Lipinski definition) is 4. The fourth-order valence-electron chi connectivity index (χ4n) is 0.749. The lowest BCUT2D eigenvalue weighted by Gasteiger charge is -1.97. The zero-order valence-corrected chi connectivity index (χ0v) is 8.78. The standard InChI is InChI=1S/C8H9N3S2/c1-12-8(11-6-9)10-4-7-2-3-13-5-7/h2-3,5H,4H2,1H3,(H,10,11). The lowest BCUT2D eigenvalue weighted by Crippen LogP contribution is -2.13. The molecule has 68 valence electrons. The highest BCUT2D eigenvalue weighted by Crippen LogP contribution is 2.08. The first-order valence-electron chi connectivity index (χ1n) is 3.61. The number of thioether (sulfide) groups is 1. The first-order valence-corrected chi connectivity index (χ1v) is 5.78. The van der Waals surface area contributed by atoms with Crippen molar-refractivity contribution < 1.29 is 0 Å². The Kier molecular flexibility index (Phi) is 4.36. The van der Waals surface area contributed by atoms with Crippen LogP contribution in [0.1, 0.15) is 5.56 Å². The third kappa shape index (κ3) is 3.49. The summed E-state index contributed by atoms with van der Waals surface area (Å²) in [4.78, 5) is 4.23. The van der Waals surface area contributed by atoms with Crippen LogP contribution in [0, 0.1) is 11.5 Å². The molecule has 0 radical (unpaired) electrons. The number of nitrogens with zero attached hydrogens (tertiary/aromatic N) is 2. The van der Waals surface area contributed by atoms with Gasteiger partial charge in [0.05, 0.1) is 6.54 Å². The molecule has 0 bridgehead atoms. The summed E-state index contributed by atoms with van der Waals surface area (Å²) < 4.78 is 0. The second-order valence-electron chi connectivity index (χ2n) is 2.19. The molecule has 0 atom stereocenters. The van der Waals surface area contributed by atoms with Gasteiger partial charge in [-0.15, -0.1) is 0 Å². The van der Waals surface area contributed by atoms with E-state index in [1.165, 1.54) is 17.3 Å². The van der Waals surface area contributed by atoms with Gasteiger partial charge in [0.1, 0.15) is 0 Å². The number of hydrogen-bond donors (Lipinski definition) is 1. The summed E-state index contributed by atoms with van der Waals surface area (Å²) in [6.07, 6.45) is 3.74. The average molecular weight is 211 g/mol. The van der Waals surface area contributed by atoms with Crippen LogP contribution in [0.15, 0.2) is 21.8 Å². The number of aliphatic imine (C=N–C) groups is 1. The van der Waals surface area contributed by atoms with Crippen molar-refractivity contribution >= 4 is 28.3 Å². The molecule has 3 nitrogen and oxygen atoms in total. The van der Waals surface area contributed by atoms with E-state index in [4.69, 9.17) is 5.26 Å². The predicted molar refractivity (Wildman–Crippen MR) is 57.7 cm³/mol. The van der Waals surface area contributed by atoms with Crippen LogP contribution in [0.2, 0.25) is 0 Å². The SMILES string of the molecule is CSC(=NCc1ccsc1)NC#N. The highest BCUT2D eigenvalue weighted by molar-refractivity contribution is 8.13. The molecule has 13 heavy (non-hydrogen) atoms. The lowest BCUT2D eigenvalue weighted by molar-refractivity contribution is 1.06. The van der Waals surface area contributed by atoms with Crippen LogP contribution in [-0.2, 0) is 6.54 Å². The van der Waals surface area contributed by atoms with Gasteiger partial charge in [-0.3, -0.25) is 10.3 Å². The molecule has 0 aliphatic rings. The number of thiophene rings is 1. The Morgan fingerprint density at radius 3 is 3.23 bits per heavy atom. The van der Waals surface area contributed by atoms with E-state index in [9.17, 15) is 0 Å². The number of rotatable bonds is 2. The molecule has 5 heteroatoms. The third-order valence-electron chi connectivity index (χ3n) is 1.34. The van der Waals surface area contributed by atoms with Gasteiger partial charge in [-0.25, -0.2) is 0 Å². The molecule has 1 aromatic heterocycles. The van der Waals surface area contributed by atoms with Crippen LogP contribution in [0.3, 0.4) is 0 Å². The monoisotopic (exact) mass is 211 g/mol. The minimum Gasteiger partial charge on any atom is -0.272 e. The maximum Gasteiger partial charge on any atom is 0.183 e. The summed E-state index contributed by atoms with van der Waals surface area (Å²) in [6.45, 7) is 0.633. The Hall–Kier alpha value is -0.990. The van der Waals surface area contributed by atoms with Crippen LogP contribution >= 0.6 is 23.1 Å². The van der Waals surface area contributed by atoms with Crippen LogP contribution in [-0.4, -0.2) is 11.4 Å². The van der Waals surface area contributed by atoms with Gasteiger partial charge >= 0.3 is 0 Å². The molecular formula is C8H9N3S2. The van der Waals surface area contributed by atoms with E-state index < -0.39 is 0 Å².